The van der Waals surface area contributed by atoms with Crippen LogP contribution in [0.2, 0.25) is 0 Å². The Labute approximate surface area is 160 Å². The van der Waals surface area contributed by atoms with Crippen LogP contribution in [0.15, 0.2) is 72.9 Å². The van der Waals surface area contributed by atoms with E-state index in [0.29, 0.717) is 19.5 Å². The number of aliphatic hydroxyl groups is 1. The fraction of sp³-hybridized carbons (Fsp3) is 0.478. The SMILES string of the molecule is CC/C=C\C/C=C\C/C=C\C/C=C\C/C=C\C/C=C\CC(O)NCCN. The molecule has 1 unspecified atom stereocenters. The summed E-state index contributed by atoms with van der Waals surface area (Å²) in [7, 11) is 0. The standard InChI is InChI=1S/C23H38N2O/c1-2-3-4-5-6-7-8-9-10-11-12-13-14-15-16-17-18-19-20-23(26)25-22-21-24/h3-4,6-7,9-10,12-13,15-16,18-19,23,25-26H,2,5,8,11,14,17,20-22,24H2,1H3/b4-3-,7-6-,10-9-,13-12-,16-15-,19-18-. The van der Waals surface area contributed by atoms with Crippen molar-refractivity contribution in [3.63, 3.8) is 0 Å². The van der Waals surface area contributed by atoms with Crippen molar-refractivity contribution in [2.45, 2.75) is 58.1 Å². The van der Waals surface area contributed by atoms with Crippen LogP contribution < -0.4 is 11.1 Å². The van der Waals surface area contributed by atoms with Crippen molar-refractivity contribution >= 4 is 0 Å². The van der Waals surface area contributed by atoms with Crippen LogP contribution >= 0.6 is 0 Å². The highest BCUT2D eigenvalue weighted by atomic mass is 16.3. The minimum atomic E-state index is -0.497. The van der Waals surface area contributed by atoms with Gasteiger partial charge in [-0.15, -0.1) is 0 Å². The van der Waals surface area contributed by atoms with Gasteiger partial charge in [0.1, 0.15) is 6.23 Å². The van der Waals surface area contributed by atoms with Gasteiger partial charge in [0, 0.05) is 19.5 Å². The zero-order valence-corrected chi connectivity index (χ0v) is 16.4. The molecule has 0 aromatic heterocycles. The number of nitrogens with one attached hydrogen (secondary N) is 1. The van der Waals surface area contributed by atoms with Gasteiger partial charge in [-0.1, -0.05) is 79.8 Å². The molecule has 0 bridgehead atoms. The molecule has 0 amide bonds. The Kier molecular flexibility index (Phi) is 20.0. The van der Waals surface area contributed by atoms with Crippen molar-refractivity contribution in [1.29, 1.82) is 0 Å². The van der Waals surface area contributed by atoms with Crippen molar-refractivity contribution in [2.24, 2.45) is 5.73 Å². The van der Waals surface area contributed by atoms with E-state index in [4.69, 9.17) is 5.73 Å². The second kappa shape index (κ2) is 21.4. The molecule has 0 aromatic rings. The number of hydrogen-bond acceptors (Lipinski definition) is 3. The minimum Gasteiger partial charge on any atom is -0.378 e. The summed E-state index contributed by atoms with van der Waals surface area (Å²) in [6.45, 7) is 3.34. The van der Waals surface area contributed by atoms with E-state index in [0.717, 1.165) is 38.5 Å². The molecule has 0 fully saturated rings. The van der Waals surface area contributed by atoms with Crippen molar-refractivity contribution in [3.05, 3.63) is 72.9 Å². The number of rotatable bonds is 16. The lowest BCUT2D eigenvalue weighted by atomic mass is 10.2. The van der Waals surface area contributed by atoms with E-state index in [1.807, 2.05) is 6.08 Å². The topological polar surface area (TPSA) is 58.3 Å². The second-order valence-electron chi connectivity index (χ2n) is 5.91. The van der Waals surface area contributed by atoms with Crippen LogP contribution in [0, 0.1) is 0 Å². The van der Waals surface area contributed by atoms with E-state index < -0.39 is 6.23 Å². The summed E-state index contributed by atoms with van der Waals surface area (Å²) < 4.78 is 0. The average molecular weight is 359 g/mol. The third-order valence-corrected chi connectivity index (χ3v) is 3.48. The summed E-state index contributed by atoms with van der Waals surface area (Å²) in [5, 5.41) is 12.5. The van der Waals surface area contributed by atoms with Crippen LogP contribution in [0.3, 0.4) is 0 Å². The van der Waals surface area contributed by atoms with Gasteiger partial charge in [-0.05, 0) is 38.5 Å². The number of nitrogens with two attached hydrogens (primary N) is 1. The van der Waals surface area contributed by atoms with Gasteiger partial charge in [0.05, 0.1) is 0 Å². The molecule has 0 aliphatic heterocycles. The normalized spacial score (nSPS) is 14.4. The van der Waals surface area contributed by atoms with Crippen LogP contribution in [0.4, 0.5) is 0 Å². The highest BCUT2D eigenvalue weighted by molar-refractivity contribution is 5.01. The first-order chi connectivity index (χ1) is 12.8. The van der Waals surface area contributed by atoms with E-state index in [2.05, 4.69) is 79.1 Å². The Morgan fingerprint density at radius 3 is 1.46 bits per heavy atom. The predicted molar refractivity (Wildman–Crippen MR) is 116 cm³/mol. The maximum absolute atomic E-state index is 9.56. The molecular formula is C23H38N2O. The molecule has 3 nitrogen and oxygen atoms in total. The molecule has 1 atom stereocenters. The van der Waals surface area contributed by atoms with Gasteiger partial charge < -0.3 is 10.8 Å². The summed E-state index contributed by atoms with van der Waals surface area (Å²) in [6, 6.07) is 0. The molecule has 4 N–H and O–H groups in total. The van der Waals surface area contributed by atoms with Gasteiger partial charge >= 0.3 is 0 Å². The van der Waals surface area contributed by atoms with Crippen molar-refractivity contribution in [2.75, 3.05) is 13.1 Å². The third-order valence-electron chi connectivity index (χ3n) is 3.48. The minimum absolute atomic E-state index is 0.497. The van der Waals surface area contributed by atoms with Crippen LogP contribution in [0.5, 0.6) is 0 Å². The Morgan fingerprint density at radius 1 is 0.692 bits per heavy atom. The molecule has 0 rings (SSSR count). The molecule has 26 heavy (non-hydrogen) atoms. The summed E-state index contributed by atoms with van der Waals surface area (Å²) in [6.07, 6.45) is 32.1. The molecule has 0 aliphatic carbocycles. The lowest BCUT2D eigenvalue weighted by molar-refractivity contribution is 0.142. The molecule has 0 aromatic carbocycles. The maximum atomic E-state index is 9.56. The largest absolute Gasteiger partial charge is 0.378 e. The Hall–Kier alpha value is -1.68. The highest BCUT2D eigenvalue weighted by Gasteiger charge is 1.96. The molecule has 0 spiro atoms. The zero-order chi connectivity index (χ0) is 19.1. The van der Waals surface area contributed by atoms with Crippen LogP contribution in [0.1, 0.15) is 51.9 Å². The van der Waals surface area contributed by atoms with E-state index >= 15 is 0 Å². The first-order valence-corrected chi connectivity index (χ1v) is 9.82. The first-order valence-electron chi connectivity index (χ1n) is 9.82. The number of aliphatic hydroxyl groups excluding tert-OH is 1. The molecule has 0 heterocycles. The lowest BCUT2D eigenvalue weighted by Gasteiger charge is -2.08. The molecule has 0 radical (unpaired) electrons. The van der Waals surface area contributed by atoms with Gasteiger partial charge in [-0.25, -0.2) is 0 Å². The van der Waals surface area contributed by atoms with Gasteiger partial charge in [-0.2, -0.15) is 0 Å². The van der Waals surface area contributed by atoms with Crippen LogP contribution in [-0.2, 0) is 0 Å². The molecule has 146 valence electrons. The van der Waals surface area contributed by atoms with E-state index in [9.17, 15) is 5.11 Å². The van der Waals surface area contributed by atoms with Gasteiger partial charge in [0.15, 0.2) is 0 Å². The second-order valence-corrected chi connectivity index (χ2v) is 5.91. The number of allylic oxidation sites excluding steroid dienone is 11. The predicted octanol–water partition coefficient (Wildman–Crippen LogP) is 4.94. The van der Waals surface area contributed by atoms with E-state index in [1.165, 1.54) is 0 Å². The van der Waals surface area contributed by atoms with Crippen molar-refractivity contribution in [3.8, 4) is 0 Å². The van der Waals surface area contributed by atoms with Crippen molar-refractivity contribution < 1.29 is 5.11 Å². The number of hydrogen-bond donors (Lipinski definition) is 3. The summed E-state index contributed by atoms with van der Waals surface area (Å²) in [5.41, 5.74) is 5.36. The Morgan fingerprint density at radius 2 is 1.08 bits per heavy atom. The van der Waals surface area contributed by atoms with Crippen LogP contribution in [-0.4, -0.2) is 24.4 Å². The first kappa shape index (κ1) is 24.3. The van der Waals surface area contributed by atoms with Crippen LogP contribution in [0.25, 0.3) is 0 Å². The van der Waals surface area contributed by atoms with Gasteiger partial charge in [-0.3, -0.25) is 5.32 Å². The monoisotopic (exact) mass is 358 g/mol. The van der Waals surface area contributed by atoms with Gasteiger partial charge in [0.25, 0.3) is 0 Å². The smallest absolute Gasteiger partial charge is 0.108 e. The Bertz CT molecular complexity index is 459. The zero-order valence-electron chi connectivity index (χ0n) is 16.4. The lowest BCUT2D eigenvalue weighted by Crippen LogP contribution is -2.32. The third kappa shape index (κ3) is 20.4. The fourth-order valence-electron chi connectivity index (χ4n) is 2.08. The van der Waals surface area contributed by atoms with Gasteiger partial charge in [0.2, 0.25) is 0 Å². The molecule has 3 heteroatoms. The highest BCUT2D eigenvalue weighted by Crippen LogP contribution is 1.97. The van der Waals surface area contributed by atoms with Crippen molar-refractivity contribution in [1.82, 2.24) is 5.32 Å². The molecule has 0 saturated heterocycles. The fourth-order valence-corrected chi connectivity index (χ4v) is 2.08. The van der Waals surface area contributed by atoms with E-state index in [1.54, 1.807) is 0 Å². The summed E-state index contributed by atoms with van der Waals surface area (Å²) >= 11 is 0. The molecule has 0 aliphatic rings. The Balaban J connectivity index is 3.55. The summed E-state index contributed by atoms with van der Waals surface area (Å²) in [5.74, 6) is 0. The molecular weight excluding hydrogens is 320 g/mol. The van der Waals surface area contributed by atoms with E-state index in [-0.39, 0.29) is 0 Å². The summed E-state index contributed by atoms with van der Waals surface area (Å²) in [4.78, 5) is 0. The molecule has 0 saturated carbocycles. The maximum Gasteiger partial charge on any atom is 0.108 e. The quantitative estimate of drug-likeness (QED) is 0.270. The average Bonchev–Trinajstić information content (AvgIpc) is 2.65.